The molecule has 1 aliphatic rings. The Bertz CT molecular complexity index is 1140. The largest absolute Gasteiger partial charge is 0.374 e. The van der Waals surface area contributed by atoms with Gasteiger partial charge in [0.1, 0.15) is 17.5 Å². The summed E-state index contributed by atoms with van der Waals surface area (Å²) in [4.78, 5) is 23.7. The van der Waals surface area contributed by atoms with Gasteiger partial charge in [-0.05, 0) is 50.5 Å². The summed E-state index contributed by atoms with van der Waals surface area (Å²) in [7, 11) is 4.00. The number of nitrogens with one attached hydrogen (secondary N) is 1. The lowest BCUT2D eigenvalue weighted by molar-refractivity contribution is 0.0719. The molecular weight excluding hydrogens is 438 g/mol. The molecule has 8 heteroatoms. The van der Waals surface area contributed by atoms with E-state index in [0.29, 0.717) is 6.61 Å². The molecule has 1 fully saturated rings. The molecule has 0 unspecified atom stereocenters. The number of ether oxygens (including phenoxy) is 1. The van der Waals surface area contributed by atoms with Crippen LogP contribution in [-0.2, 0) is 17.6 Å². The summed E-state index contributed by atoms with van der Waals surface area (Å²) in [5, 5.41) is 3.70. The van der Waals surface area contributed by atoms with Crippen LogP contribution in [0.5, 0.6) is 0 Å². The van der Waals surface area contributed by atoms with Gasteiger partial charge in [0, 0.05) is 51.7 Å². The fourth-order valence-electron chi connectivity index (χ4n) is 4.56. The van der Waals surface area contributed by atoms with Crippen LogP contribution in [0.25, 0.3) is 11.3 Å². The first kappa shape index (κ1) is 24.9. The predicted octanol–water partition coefficient (Wildman–Crippen LogP) is 4.14. The Kier molecular flexibility index (Phi) is 7.80. The molecule has 3 aromatic heterocycles. The minimum Gasteiger partial charge on any atom is -0.374 e. The van der Waals surface area contributed by atoms with Crippen LogP contribution >= 0.6 is 0 Å². The molecule has 1 saturated heterocycles. The number of nitrogens with zero attached hydrogens (tertiary/aromatic N) is 6. The molecule has 1 N–H and O–H groups in total. The van der Waals surface area contributed by atoms with Crippen molar-refractivity contribution in [2.24, 2.45) is 0 Å². The van der Waals surface area contributed by atoms with Gasteiger partial charge >= 0.3 is 0 Å². The van der Waals surface area contributed by atoms with Crippen molar-refractivity contribution in [3.63, 3.8) is 0 Å². The van der Waals surface area contributed by atoms with Crippen molar-refractivity contribution in [2.45, 2.75) is 52.7 Å². The lowest BCUT2D eigenvalue weighted by Crippen LogP contribution is -2.35. The zero-order chi connectivity index (χ0) is 24.9. The standard InChI is InChI=1S/C27H37N7O/c1-7-20-26(19-15-29-25(33(5)6)14-18(19)4)30-21(8-2)27(31-20)32-22-16-34(17-23(22)35-9-3)24-12-10-11-13-28-24/h10-15,22-23H,7-9,16-17H2,1-6H3,(H,31,32)/t22-,23-/m1/s1. The second kappa shape index (κ2) is 11.0. The van der Waals surface area contributed by atoms with Gasteiger partial charge in [-0.25, -0.2) is 19.9 Å². The highest BCUT2D eigenvalue weighted by molar-refractivity contribution is 5.68. The molecule has 4 rings (SSSR count). The van der Waals surface area contributed by atoms with Gasteiger partial charge in [-0.2, -0.15) is 0 Å². The molecule has 4 heterocycles. The zero-order valence-electron chi connectivity index (χ0n) is 21.7. The number of hydrogen-bond acceptors (Lipinski definition) is 8. The molecule has 186 valence electrons. The van der Waals surface area contributed by atoms with Crippen molar-refractivity contribution in [3.05, 3.63) is 53.6 Å². The van der Waals surface area contributed by atoms with E-state index in [9.17, 15) is 0 Å². The Morgan fingerprint density at radius 1 is 1.06 bits per heavy atom. The zero-order valence-corrected chi connectivity index (χ0v) is 21.7. The summed E-state index contributed by atoms with van der Waals surface area (Å²) in [6.07, 6.45) is 5.37. The Hall–Kier alpha value is -3.26. The number of aryl methyl sites for hydroxylation is 3. The summed E-state index contributed by atoms with van der Waals surface area (Å²) in [6, 6.07) is 8.20. The van der Waals surface area contributed by atoms with Crippen LogP contribution in [0.1, 0.15) is 37.7 Å². The maximum atomic E-state index is 6.12. The molecule has 0 spiro atoms. The highest BCUT2D eigenvalue weighted by atomic mass is 16.5. The fourth-order valence-corrected chi connectivity index (χ4v) is 4.56. The second-order valence-electron chi connectivity index (χ2n) is 9.11. The molecule has 8 nitrogen and oxygen atoms in total. The lowest BCUT2D eigenvalue weighted by atomic mass is 10.0. The highest BCUT2D eigenvalue weighted by Gasteiger charge is 2.35. The van der Waals surface area contributed by atoms with Crippen molar-refractivity contribution in [3.8, 4) is 11.3 Å². The van der Waals surface area contributed by atoms with E-state index in [2.05, 4.69) is 47.0 Å². The van der Waals surface area contributed by atoms with E-state index in [4.69, 9.17) is 14.7 Å². The van der Waals surface area contributed by atoms with Crippen LogP contribution in [0.2, 0.25) is 0 Å². The maximum Gasteiger partial charge on any atom is 0.148 e. The number of anilines is 3. The molecule has 1 aliphatic heterocycles. The van der Waals surface area contributed by atoms with Gasteiger partial charge in [-0.1, -0.05) is 19.9 Å². The van der Waals surface area contributed by atoms with Crippen molar-refractivity contribution in [1.29, 1.82) is 0 Å². The minimum absolute atomic E-state index is 0.0447. The quantitative estimate of drug-likeness (QED) is 0.495. The average molecular weight is 476 g/mol. The summed E-state index contributed by atoms with van der Waals surface area (Å²) in [5.41, 5.74) is 5.04. The first-order valence-electron chi connectivity index (χ1n) is 12.5. The summed E-state index contributed by atoms with van der Waals surface area (Å²) >= 11 is 0. The summed E-state index contributed by atoms with van der Waals surface area (Å²) < 4.78 is 6.12. The molecule has 2 atom stereocenters. The van der Waals surface area contributed by atoms with E-state index >= 15 is 0 Å². The van der Waals surface area contributed by atoms with Crippen LogP contribution in [0.15, 0.2) is 36.7 Å². The number of aromatic nitrogens is 4. The van der Waals surface area contributed by atoms with Gasteiger partial charge in [0.25, 0.3) is 0 Å². The topological polar surface area (TPSA) is 79.3 Å². The van der Waals surface area contributed by atoms with E-state index in [1.807, 2.05) is 56.5 Å². The molecule has 0 amide bonds. The molecule has 0 saturated carbocycles. The molecule has 0 radical (unpaired) electrons. The number of rotatable bonds is 9. The number of hydrogen-bond donors (Lipinski definition) is 1. The van der Waals surface area contributed by atoms with E-state index in [1.165, 1.54) is 0 Å². The van der Waals surface area contributed by atoms with Gasteiger partial charge in [-0.3, -0.25) is 0 Å². The SMILES string of the molecule is CCO[C@@H]1CN(c2ccccn2)C[C@H]1Nc1nc(CC)c(-c2cnc(N(C)C)cc2C)nc1CC. The highest BCUT2D eigenvalue weighted by Crippen LogP contribution is 2.30. The second-order valence-corrected chi connectivity index (χ2v) is 9.11. The minimum atomic E-state index is 0.0447. The third kappa shape index (κ3) is 5.37. The molecule has 0 aliphatic carbocycles. The van der Waals surface area contributed by atoms with Gasteiger partial charge in [0.15, 0.2) is 0 Å². The Morgan fingerprint density at radius 2 is 1.86 bits per heavy atom. The molecule has 35 heavy (non-hydrogen) atoms. The van der Waals surface area contributed by atoms with Crippen LogP contribution in [-0.4, -0.2) is 65.9 Å². The smallest absolute Gasteiger partial charge is 0.148 e. The molecular formula is C27H37N7O. The third-order valence-corrected chi connectivity index (χ3v) is 6.46. The molecule has 0 bridgehead atoms. The first-order chi connectivity index (χ1) is 16.9. The van der Waals surface area contributed by atoms with E-state index in [-0.39, 0.29) is 12.1 Å². The van der Waals surface area contributed by atoms with Gasteiger partial charge in [0.05, 0.1) is 29.2 Å². The normalized spacial score (nSPS) is 17.6. The molecule has 3 aromatic rings. The van der Waals surface area contributed by atoms with Crippen LogP contribution in [0.3, 0.4) is 0 Å². The van der Waals surface area contributed by atoms with E-state index < -0.39 is 0 Å². The predicted molar refractivity (Wildman–Crippen MR) is 142 cm³/mol. The van der Waals surface area contributed by atoms with Crippen LogP contribution in [0, 0.1) is 6.92 Å². The van der Waals surface area contributed by atoms with Crippen molar-refractivity contribution in [1.82, 2.24) is 19.9 Å². The average Bonchev–Trinajstić information content (AvgIpc) is 3.26. The fraction of sp³-hybridized carbons (Fsp3) is 0.481. The first-order valence-corrected chi connectivity index (χ1v) is 12.5. The Morgan fingerprint density at radius 3 is 2.49 bits per heavy atom. The Balaban J connectivity index is 1.65. The van der Waals surface area contributed by atoms with Gasteiger partial charge in [-0.15, -0.1) is 0 Å². The van der Waals surface area contributed by atoms with Gasteiger partial charge < -0.3 is 19.9 Å². The third-order valence-electron chi connectivity index (χ3n) is 6.46. The van der Waals surface area contributed by atoms with E-state index in [1.54, 1.807) is 0 Å². The monoisotopic (exact) mass is 475 g/mol. The number of pyridine rings is 2. The van der Waals surface area contributed by atoms with Crippen LogP contribution < -0.4 is 15.1 Å². The maximum absolute atomic E-state index is 6.12. The summed E-state index contributed by atoms with van der Waals surface area (Å²) in [5.74, 6) is 2.75. The van der Waals surface area contributed by atoms with E-state index in [0.717, 1.165) is 71.6 Å². The van der Waals surface area contributed by atoms with Crippen molar-refractivity contribution in [2.75, 3.05) is 48.9 Å². The van der Waals surface area contributed by atoms with Crippen molar-refractivity contribution < 1.29 is 4.74 Å². The summed E-state index contributed by atoms with van der Waals surface area (Å²) in [6.45, 7) is 10.7. The van der Waals surface area contributed by atoms with Gasteiger partial charge in [0.2, 0.25) is 0 Å². The lowest BCUT2D eigenvalue weighted by Gasteiger charge is -2.22. The molecule has 0 aromatic carbocycles. The van der Waals surface area contributed by atoms with Crippen molar-refractivity contribution >= 4 is 17.5 Å². The van der Waals surface area contributed by atoms with Crippen LogP contribution in [0.4, 0.5) is 17.5 Å². The Labute approximate surface area is 208 Å².